The monoisotopic (exact) mass is 359 g/mol. The standard InChI is InChI=1S/C24H29N3/c1-4-20(17-27-16-14-21-10-6-7-11-22(21)18-27)13-15-25-23(5-2)24-12-8-9-19(3)26-24/h4,6-12,20,25H,1-2,13-18H2,3H3. The lowest BCUT2D eigenvalue weighted by atomic mass is 9.98. The molecule has 0 saturated heterocycles. The largest absolute Gasteiger partial charge is 0.377 e. The van der Waals surface area contributed by atoms with Gasteiger partial charge in [-0.15, -0.1) is 12.3 Å². The molecule has 0 radical (unpaired) electrons. The lowest BCUT2D eigenvalue weighted by molar-refractivity contribution is 0.226. The van der Waals surface area contributed by atoms with Gasteiger partial charge in [-0.3, -0.25) is 9.88 Å². The Bertz CT molecular complexity index is 833. The van der Waals surface area contributed by atoms with Crippen LogP contribution >= 0.6 is 0 Å². The Morgan fingerprint density at radius 3 is 2.81 bits per heavy atom. The van der Waals surface area contributed by atoms with Crippen molar-refractivity contribution in [2.75, 3.05) is 19.6 Å². The van der Waals surface area contributed by atoms with E-state index in [1.165, 1.54) is 11.1 Å². The first-order valence-corrected chi connectivity index (χ1v) is 9.69. The van der Waals surface area contributed by atoms with Gasteiger partial charge in [-0.2, -0.15) is 0 Å². The van der Waals surface area contributed by atoms with Gasteiger partial charge in [-0.1, -0.05) is 43.0 Å². The third kappa shape index (κ3) is 5.19. The number of rotatable bonds is 8. The molecule has 1 aromatic carbocycles. The molecule has 1 aromatic heterocycles. The smallest absolute Gasteiger partial charge is 0.103 e. The summed E-state index contributed by atoms with van der Waals surface area (Å²) in [7, 11) is 0. The number of fused-ring (bicyclic) bond motifs is 1. The fourth-order valence-corrected chi connectivity index (χ4v) is 3.63. The molecule has 1 unspecified atom stereocenters. The van der Waals surface area contributed by atoms with E-state index in [-0.39, 0.29) is 0 Å². The van der Waals surface area contributed by atoms with Gasteiger partial charge in [0.2, 0.25) is 0 Å². The van der Waals surface area contributed by atoms with Crippen molar-refractivity contribution < 1.29 is 0 Å². The van der Waals surface area contributed by atoms with Gasteiger partial charge in [0.1, 0.15) is 5.70 Å². The van der Waals surface area contributed by atoms with Crippen molar-refractivity contribution in [3.8, 4) is 0 Å². The van der Waals surface area contributed by atoms with Gasteiger partial charge in [0, 0.05) is 31.9 Å². The molecular formula is C24H29N3. The summed E-state index contributed by atoms with van der Waals surface area (Å²) in [6, 6.07) is 14.8. The van der Waals surface area contributed by atoms with Gasteiger partial charge in [0.05, 0.1) is 5.69 Å². The van der Waals surface area contributed by atoms with Crippen LogP contribution in [0.5, 0.6) is 0 Å². The zero-order valence-electron chi connectivity index (χ0n) is 16.2. The van der Waals surface area contributed by atoms with E-state index in [1.54, 1.807) is 0 Å². The van der Waals surface area contributed by atoms with Crippen LogP contribution in [-0.4, -0.2) is 29.5 Å². The number of aromatic nitrogens is 1. The van der Waals surface area contributed by atoms with Crippen molar-refractivity contribution in [2.45, 2.75) is 26.3 Å². The molecule has 2 aromatic rings. The van der Waals surface area contributed by atoms with E-state index < -0.39 is 0 Å². The third-order valence-corrected chi connectivity index (χ3v) is 5.17. The van der Waals surface area contributed by atoms with Crippen LogP contribution < -0.4 is 5.32 Å². The Labute approximate surface area is 163 Å². The number of nitrogens with zero attached hydrogens (tertiary/aromatic N) is 2. The fourth-order valence-electron chi connectivity index (χ4n) is 3.63. The van der Waals surface area contributed by atoms with Crippen LogP contribution in [-0.2, 0) is 13.0 Å². The highest BCUT2D eigenvalue weighted by molar-refractivity contribution is 5.59. The van der Waals surface area contributed by atoms with Crippen LogP contribution in [0.1, 0.15) is 28.9 Å². The summed E-state index contributed by atoms with van der Waals surface area (Å²) in [4.78, 5) is 7.09. The molecule has 1 atom stereocenters. The molecule has 3 nitrogen and oxygen atoms in total. The Kier molecular flexibility index (Phi) is 6.64. The minimum Gasteiger partial charge on any atom is -0.377 e. The second-order valence-electron chi connectivity index (χ2n) is 7.18. The first kappa shape index (κ1) is 19.2. The van der Waals surface area contributed by atoms with Crippen molar-refractivity contribution in [3.05, 3.63) is 89.9 Å². The maximum absolute atomic E-state index is 4.55. The molecule has 1 N–H and O–H groups in total. The zero-order chi connectivity index (χ0) is 19.1. The number of hydrogen-bond acceptors (Lipinski definition) is 3. The van der Waals surface area contributed by atoms with E-state index in [2.05, 4.69) is 64.4 Å². The average molecular weight is 360 g/mol. The molecular weight excluding hydrogens is 330 g/mol. The summed E-state index contributed by atoms with van der Waals surface area (Å²) < 4.78 is 0. The molecule has 3 heteroatoms. The Balaban J connectivity index is 1.51. The van der Waals surface area contributed by atoms with E-state index in [4.69, 9.17) is 0 Å². The van der Waals surface area contributed by atoms with Crippen molar-refractivity contribution in [1.29, 1.82) is 0 Å². The zero-order valence-corrected chi connectivity index (χ0v) is 16.2. The van der Waals surface area contributed by atoms with Crippen LogP contribution in [0, 0.1) is 12.8 Å². The van der Waals surface area contributed by atoms with E-state index in [1.807, 2.05) is 25.1 Å². The Morgan fingerprint density at radius 2 is 2.07 bits per heavy atom. The summed E-state index contributed by atoms with van der Waals surface area (Å²) in [6.07, 6.45) is 4.25. The number of benzene rings is 1. The van der Waals surface area contributed by atoms with Crippen LogP contribution in [0.15, 0.2) is 67.4 Å². The van der Waals surface area contributed by atoms with Crippen molar-refractivity contribution in [1.82, 2.24) is 15.2 Å². The minimum absolute atomic E-state index is 0.458. The van der Waals surface area contributed by atoms with Crippen molar-refractivity contribution >= 4 is 5.70 Å². The number of pyridine rings is 1. The number of aryl methyl sites for hydroxylation is 1. The van der Waals surface area contributed by atoms with Crippen LogP contribution in [0.25, 0.3) is 5.70 Å². The molecule has 0 fully saturated rings. The topological polar surface area (TPSA) is 28.2 Å². The average Bonchev–Trinajstić information content (AvgIpc) is 2.70. The van der Waals surface area contributed by atoms with Crippen LogP contribution in [0.4, 0.5) is 0 Å². The molecule has 1 aliphatic rings. The summed E-state index contributed by atoms with van der Waals surface area (Å²) >= 11 is 0. The maximum Gasteiger partial charge on any atom is 0.103 e. The molecule has 3 rings (SSSR count). The van der Waals surface area contributed by atoms with Crippen molar-refractivity contribution in [3.63, 3.8) is 0 Å². The highest BCUT2D eigenvalue weighted by atomic mass is 15.1. The molecule has 0 amide bonds. The molecule has 0 saturated carbocycles. The molecule has 27 heavy (non-hydrogen) atoms. The second-order valence-corrected chi connectivity index (χ2v) is 7.18. The molecule has 1 aliphatic heterocycles. The summed E-state index contributed by atoms with van der Waals surface area (Å²) in [5.41, 5.74) is 8.71. The summed E-state index contributed by atoms with van der Waals surface area (Å²) in [5, 5.41) is 3.44. The summed E-state index contributed by atoms with van der Waals surface area (Å²) in [5.74, 6) is 0.458. The molecule has 0 bridgehead atoms. The maximum atomic E-state index is 4.55. The lowest BCUT2D eigenvalue weighted by Gasteiger charge is -2.31. The molecule has 0 spiro atoms. The SMILES string of the molecule is C=C=C(NCCC(C=C)CN1CCc2ccccc2C1)c1cccc(C)n1. The predicted octanol–water partition coefficient (Wildman–Crippen LogP) is 4.36. The van der Waals surface area contributed by atoms with E-state index in [0.29, 0.717) is 5.92 Å². The second kappa shape index (κ2) is 9.36. The number of hydrogen-bond donors (Lipinski definition) is 1. The highest BCUT2D eigenvalue weighted by Gasteiger charge is 2.18. The predicted molar refractivity (Wildman–Crippen MR) is 113 cm³/mol. The van der Waals surface area contributed by atoms with Crippen LogP contribution in [0.2, 0.25) is 0 Å². The molecule has 140 valence electrons. The molecule has 0 aliphatic carbocycles. The van der Waals surface area contributed by atoms with E-state index in [0.717, 1.165) is 56.1 Å². The van der Waals surface area contributed by atoms with Gasteiger partial charge in [0.15, 0.2) is 0 Å². The molecule has 2 heterocycles. The quantitative estimate of drug-likeness (QED) is 0.561. The lowest BCUT2D eigenvalue weighted by Crippen LogP contribution is -2.34. The van der Waals surface area contributed by atoms with Gasteiger partial charge < -0.3 is 5.32 Å². The van der Waals surface area contributed by atoms with Gasteiger partial charge in [0.25, 0.3) is 0 Å². The number of nitrogens with one attached hydrogen (secondary N) is 1. The van der Waals surface area contributed by atoms with E-state index in [9.17, 15) is 0 Å². The normalized spacial score (nSPS) is 14.7. The Hall–Kier alpha value is -2.61. The minimum atomic E-state index is 0.458. The first-order chi connectivity index (χ1) is 13.2. The highest BCUT2D eigenvalue weighted by Crippen LogP contribution is 2.20. The van der Waals surface area contributed by atoms with Crippen LogP contribution in [0.3, 0.4) is 0 Å². The van der Waals surface area contributed by atoms with Gasteiger partial charge in [-0.05, 0) is 48.9 Å². The van der Waals surface area contributed by atoms with Gasteiger partial charge in [-0.25, -0.2) is 0 Å². The Morgan fingerprint density at radius 1 is 1.26 bits per heavy atom. The third-order valence-electron chi connectivity index (χ3n) is 5.17. The fraction of sp³-hybridized carbons (Fsp3) is 0.333. The van der Waals surface area contributed by atoms with Crippen molar-refractivity contribution in [2.24, 2.45) is 5.92 Å². The first-order valence-electron chi connectivity index (χ1n) is 9.69. The van der Waals surface area contributed by atoms with Gasteiger partial charge >= 0.3 is 0 Å². The summed E-state index contributed by atoms with van der Waals surface area (Å²) in [6.45, 7) is 13.9. The van der Waals surface area contributed by atoms with E-state index >= 15 is 0 Å².